The van der Waals surface area contributed by atoms with Gasteiger partial charge in [0.15, 0.2) is 0 Å². The van der Waals surface area contributed by atoms with Crippen molar-refractivity contribution in [1.29, 1.82) is 0 Å². The van der Waals surface area contributed by atoms with E-state index in [-0.39, 0.29) is 5.24 Å². The number of carbonyl (C=O) groups excluding carboxylic acids is 1. The Labute approximate surface area is 69.4 Å². The summed E-state index contributed by atoms with van der Waals surface area (Å²) < 4.78 is 0. The maximum absolute atomic E-state index is 10.7. The summed E-state index contributed by atoms with van der Waals surface area (Å²) >= 11 is 6.70. The fourth-order valence-corrected chi connectivity index (χ4v) is 1.87. The van der Waals surface area contributed by atoms with E-state index in [0.29, 0.717) is 4.88 Å². The standard InChI is InChI=1S/C6H6BClOS/c1-3-4(7)2-10-5(3)6(8)9/h2H,7H2,1H3. The van der Waals surface area contributed by atoms with Crippen LogP contribution < -0.4 is 5.46 Å². The highest BCUT2D eigenvalue weighted by molar-refractivity contribution is 7.15. The molecule has 0 unspecified atom stereocenters. The number of carbonyl (C=O) groups is 1. The van der Waals surface area contributed by atoms with Crippen molar-refractivity contribution in [3.63, 3.8) is 0 Å². The van der Waals surface area contributed by atoms with Crippen LogP contribution in [0, 0.1) is 6.92 Å². The Morgan fingerprint density at radius 1 is 1.80 bits per heavy atom. The van der Waals surface area contributed by atoms with Gasteiger partial charge in [0.2, 0.25) is 0 Å². The van der Waals surface area contributed by atoms with Crippen molar-refractivity contribution >= 4 is 41.5 Å². The minimum absolute atomic E-state index is 0.351. The average molecular weight is 172 g/mol. The van der Waals surface area contributed by atoms with Gasteiger partial charge in [-0.05, 0) is 29.5 Å². The van der Waals surface area contributed by atoms with Crippen LogP contribution in [0.15, 0.2) is 5.38 Å². The number of rotatable bonds is 1. The molecule has 10 heavy (non-hydrogen) atoms. The Balaban J connectivity index is 3.17. The normalized spacial score (nSPS) is 9.80. The van der Waals surface area contributed by atoms with Gasteiger partial charge in [0.05, 0.1) is 4.88 Å². The highest BCUT2D eigenvalue weighted by Crippen LogP contribution is 2.14. The van der Waals surface area contributed by atoms with Gasteiger partial charge in [0.25, 0.3) is 5.24 Å². The summed E-state index contributed by atoms with van der Waals surface area (Å²) in [5.41, 5.74) is 2.14. The maximum atomic E-state index is 10.7. The van der Waals surface area contributed by atoms with Crippen molar-refractivity contribution in [3.8, 4) is 0 Å². The first-order chi connectivity index (χ1) is 4.63. The van der Waals surface area contributed by atoms with Crippen LogP contribution in [0.1, 0.15) is 15.2 Å². The van der Waals surface area contributed by atoms with Crippen molar-refractivity contribution in [2.24, 2.45) is 0 Å². The Hall–Kier alpha value is -0.275. The minimum Gasteiger partial charge on any atom is -0.275 e. The molecule has 52 valence electrons. The van der Waals surface area contributed by atoms with Gasteiger partial charge in [0.1, 0.15) is 7.85 Å². The summed E-state index contributed by atoms with van der Waals surface area (Å²) in [4.78, 5) is 11.3. The molecule has 0 spiro atoms. The molecule has 1 heterocycles. The predicted octanol–water partition coefficient (Wildman–Crippen LogP) is 0.694. The molecular weight excluding hydrogens is 166 g/mol. The van der Waals surface area contributed by atoms with Crippen LogP contribution in [0.5, 0.6) is 0 Å². The average Bonchev–Trinajstić information content (AvgIpc) is 2.14. The lowest BCUT2D eigenvalue weighted by Crippen LogP contribution is -2.03. The first kappa shape index (κ1) is 7.83. The van der Waals surface area contributed by atoms with Crippen LogP contribution >= 0.6 is 22.9 Å². The van der Waals surface area contributed by atoms with Crippen LogP contribution in [-0.2, 0) is 0 Å². The maximum Gasteiger partial charge on any atom is 0.262 e. The fraction of sp³-hybridized carbons (Fsp3) is 0.167. The third-order valence-corrected chi connectivity index (χ3v) is 2.96. The zero-order valence-corrected chi connectivity index (χ0v) is 7.34. The van der Waals surface area contributed by atoms with Crippen molar-refractivity contribution in [2.45, 2.75) is 6.92 Å². The van der Waals surface area contributed by atoms with Gasteiger partial charge in [-0.25, -0.2) is 0 Å². The molecule has 0 aliphatic rings. The van der Waals surface area contributed by atoms with Gasteiger partial charge in [-0.1, -0.05) is 5.46 Å². The SMILES string of the molecule is Bc1csc(C(=O)Cl)c1C. The van der Waals surface area contributed by atoms with Crippen molar-refractivity contribution in [3.05, 3.63) is 15.8 Å². The summed E-state index contributed by atoms with van der Waals surface area (Å²) in [7, 11) is 1.97. The van der Waals surface area contributed by atoms with Crippen LogP contribution in [0.25, 0.3) is 0 Å². The summed E-state index contributed by atoms with van der Waals surface area (Å²) in [6.07, 6.45) is 0. The van der Waals surface area contributed by atoms with Gasteiger partial charge >= 0.3 is 0 Å². The zero-order valence-electron chi connectivity index (χ0n) is 5.77. The highest BCUT2D eigenvalue weighted by atomic mass is 35.5. The molecule has 1 nitrogen and oxygen atoms in total. The number of thiophene rings is 1. The largest absolute Gasteiger partial charge is 0.275 e. The summed E-state index contributed by atoms with van der Waals surface area (Å²) in [6, 6.07) is 0. The molecule has 0 atom stereocenters. The van der Waals surface area contributed by atoms with Crippen molar-refractivity contribution in [1.82, 2.24) is 0 Å². The van der Waals surface area contributed by atoms with E-state index in [1.54, 1.807) is 0 Å². The van der Waals surface area contributed by atoms with E-state index >= 15 is 0 Å². The summed E-state index contributed by atoms with van der Waals surface area (Å²) in [5.74, 6) is 0. The van der Waals surface area contributed by atoms with E-state index in [9.17, 15) is 4.79 Å². The summed E-state index contributed by atoms with van der Waals surface area (Å²) in [6.45, 7) is 1.90. The molecule has 0 aliphatic carbocycles. The molecule has 0 N–H and O–H groups in total. The third-order valence-electron chi connectivity index (χ3n) is 1.46. The van der Waals surface area contributed by atoms with E-state index in [2.05, 4.69) is 0 Å². The summed E-state index contributed by atoms with van der Waals surface area (Å²) in [5, 5.41) is 1.58. The van der Waals surface area contributed by atoms with Gasteiger partial charge < -0.3 is 0 Å². The Morgan fingerprint density at radius 3 is 2.60 bits per heavy atom. The zero-order chi connectivity index (χ0) is 7.72. The van der Waals surface area contributed by atoms with Crippen molar-refractivity contribution in [2.75, 3.05) is 0 Å². The Bertz CT molecular complexity index is 269. The first-order valence-electron chi connectivity index (χ1n) is 2.87. The van der Waals surface area contributed by atoms with Crippen LogP contribution in [0.3, 0.4) is 0 Å². The van der Waals surface area contributed by atoms with Gasteiger partial charge in [-0.2, -0.15) is 0 Å². The molecule has 0 bridgehead atoms. The number of hydrogen-bond acceptors (Lipinski definition) is 2. The molecule has 0 saturated carbocycles. The second kappa shape index (κ2) is 2.76. The quantitative estimate of drug-likeness (QED) is 0.450. The van der Waals surface area contributed by atoms with Crippen LogP contribution in [0.2, 0.25) is 0 Å². The van der Waals surface area contributed by atoms with E-state index in [4.69, 9.17) is 11.6 Å². The second-order valence-electron chi connectivity index (χ2n) is 2.15. The van der Waals surface area contributed by atoms with Gasteiger partial charge in [-0.15, -0.1) is 11.3 Å². The second-order valence-corrected chi connectivity index (χ2v) is 3.37. The lowest BCUT2D eigenvalue weighted by Gasteiger charge is -1.89. The third kappa shape index (κ3) is 1.25. The number of halogens is 1. The monoisotopic (exact) mass is 172 g/mol. The molecule has 1 aromatic rings. The molecule has 4 heteroatoms. The molecule has 0 aromatic carbocycles. The minimum atomic E-state index is -0.351. The Kier molecular flexibility index (Phi) is 2.16. The molecule has 1 rings (SSSR count). The van der Waals surface area contributed by atoms with Crippen LogP contribution in [-0.4, -0.2) is 13.1 Å². The molecule has 0 saturated heterocycles. The van der Waals surface area contributed by atoms with Crippen molar-refractivity contribution < 1.29 is 4.79 Å². The molecule has 0 radical (unpaired) electrons. The smallest absolute Gasteiger partial charge is 0.262 e. The molecule has 1 aromatic heterocycles. The van der Waals surface area contributed by atoms with E-state index in [0.717, 1.165) is 11.0 Å². The van der Waals surface area contributed by atoms with E-state index in [1.807, 2.05) is 20.2 Å². The topological polar surface area (TPSA) is 17.1 Å². The van der Waals surface area contributed by atoms with Crippen LogP contribution in [0.4, 0.5) is 0 Å². The molecule has 0 amide bonds. The lowest BCUT2D eigenvalue weighted by molar-refractivity contribution is 0.108. The molecule has 0 fully saturated rings. The molecule has 0 aliphatic heterocycles. The van der Waals surface area contributed by atoms with Gasteiger partial charge in [-0.3, -0.25) is 4.79 Å². The van der Waals surface area contributed by atoms with E-state index in [1.165, 1.54) is 11.3 Å². The van der Waals surface area contributed by atoms with E-state index < -0.39 is 0 Å². The fourth-order valence-electron chi connectivity index (χ4n) is 0.697. The molecular formula is C6H6BClOS. The van der Waals surface area contributed by atoms with Gasteiger partial charge in [0, 0.05) is 0 Å². The predicted molar refractivity (Wildman–Crippen MR) is 47.4 cm³/mol. The number of hydrogen-bond donors (Lipinski definition) is 0. The lowest BCUT2D eigenvalue weighted by atomic mass is 9.95. The first-order valence-corrected chi connectivity index (χ1v) is 4.13. The highest BCUT2D eigenvalue weighted by Gasteiger charge is 2.08. The Morgan fingerprint density at radius 2 is 2.40 bits per heavy atom.